The van der Waals surface area contributed by atoms with Gasteiger partial charge in [0.25, 0.3) is 13.9 Å². The monoisotopic (exact) mass is 815 g/mol. The fraction of sp³-hybridized carbons (Fsp3) is 0.432. The van der Waals surface area contributed by atoms with Crippen molar-refractivity contribution in [3.63, 3.8) is 0 Å². The largest absolute Gasteiger partial charge is 0.471 e. The molecule has 5 rings (SSSR count). The highest BCUT2D eigenvalue weighted by Gasteiger charge is 2.51. The molecule has 2 aromatic carbocycles. The Labute approximate surface area is 326 Å². The van der Waals surface area contributed by atoms with E-state index in [-0.39, 0.29) is 39.8 Å². The summed E-state index contributed by atoms with van der Waals surface area (Å²) in [6.07, 6.45) is -3.21. The number of aromatic nitrogens is 4. The van der Waals surface area contributed by atoms with Gasteiger partial charge in [-0.3, -0.25) is 14.6 Å². The van der Waals surface area contributed by atoms with Gasteiger partial charge in [0.2, 0.25) is 5.95 Å². The SMILES string of the molecule is CSS[C@@H](C)OC1C[C@H](n2nc(C#CCNC(=O)C(F)(F)F)c3c(=O)[nH]c(/N=C\N(C)C)nc32)O[C@@H]1CO[Si](c1ccccc1)(c1ccccc1)C(C)(C)C. The van der Waals surface area contributed by atoms with Crippen LogP contribution < -0.4 is 21.2 Å². The van der Waals surface area contributed by atoms with Crippen molar-refractivity contribution < 1.29 is 31.9 Å². The fourth-order valence-electron chi connectivity index (χ4n) is 6.42. The van der Waals surface area contributed by atoms with Crippen molar-refractivity contribution in [2.24, 2.45) is 4.99 Å². The Morgan fingerprint density at radius 2 is 1.80 bits per heavy atom. The first-order chi connectivity index (χ1) is 26.0. The lowest BCUT2D eigenvalue weighted by molar-refractivity contribution is -0.173. The van der Waals surface area contributed by atoms with E-state index in [1.54, 1.807) is 45.9 Å². The van der Waals surface area contributed by atoms with Crippen molar-refractivity contribution in [3.8, 4) is 11.8 Å². The number of ether oxygens (including phenoxy) is 2. The third-order valence-corrected chi connectivity index (χ3v) is 15.7. The van der Waals surface area contributed by atoms with Gasteiger partial charge in [0, 0.05) is 20.5 Å². The van der Waals surface area contributed by atoms with E-state index in [2.05, 4.69) is 76.9 Å². The van der Waals surface area contributed by atoms with Crippen molar-refractivity contribution in [3.05, 3.63) is 76.7 Å². The number of hydrogen-bond acceptors (Lipinski definition) is 10. The second-order valence-corrected chi connectivity index (χ2v) is 21.0. The third kappa shape index (κ3) is 9.82. The molecule has 0 radical (unpaired) electrons. The van der Waals surface area contributed by atoms with Gasteiger partial charge >= 0.3 is 12.1 Å². The fourth-order valence-corrected chi connectivity index (χ4v) is 12.4. The molecule has 0 aliphatic carbocycles. The number of carbonyl (C=O) groups excluding carboxylic acids is 1. The van der Waals surface area contributed by atoms with Crippen molar-refractivity contribution in [2.75, 3.05) is 33.5 Å². The van der Waals surface area contributed by atoms with E-state index in [4.69, 9.17) is 13.9 Å². The van der Waals surface area contributed by atoms with Gasteiger partial charge < -0.3 is 24.1 Å². The standard InChI is InChI=1S/C37H44F3N7O5S2Si/c1-24(54-53-7)51-28-21-30(52-29(28)22-50-55(36(2,3)4,25-15-10-8-11-16-25)26-17-12-9-13-18-26)47-32-31(33(48)44-35(43-32)42-23-46(5)6)27(45-47)19-14-20-41-34(49)37(38,39)40/h8-13,15-18,23-24,28-30H,20-22H2,1-7H3,(H,41,49)(H,43,44,48)/b42-23-/t24-,28?,29+,30+/m0/s1. The maximum Gasteiger partial charge on any atom is 0.471 e. The number of H-pyrrole nitrogens is 1. The zero-order chi connectivity index (χ0) is 40.0. The number of alkyl halides is 3. The highest BCUT2D eigenvalue weighted by molar-refractivity contribution is 8.76. The van der Waals surface area contributed by atoms with Gasteiger partial charge in [-0.2, -0.15) is 23.3 Å². The number of rotatable bonds is 13. The molecule has 4 aromatic rings. The molecule has 1 fully saturated rings. The molecule has 55 heavy (non-hydrogen) atoms. The summed E-state index contributed by atoms with van der Waals surface area (Å²) in [7, 11) is 3.67. The number of nitrogens with zero attached hydrogens (tertiary/aromatic N) is 5. The van der Waals surface area contributed by atoms with Crippen LogP contribution in [0.25, 0.3) is 11.0 Å². The van der Waals surface area contributed by atoms with Crippen molar-refractivity contribution in [1.29, 1.82) is 0 Å². The van der Waals surface area contributed by atoms with Crippen molar-refractivity contribution in [1.82, 2.24) is 30.0 Å². The molecule has 294 valence electrons. The van der Waals surface area contributed by atoms with E-state index in [0.29, 0.717) is 6.42 Å². The molecule has 0 spiro atoms. The van der Waals surface area contributed by atoms with Gasteiger partial charge in [-0.15, -0.1) is 0 Å². The number of hydrogen-bond donors (Lipinski definition) is 2. The van der Waals surface area contributed by atoms with Gasteiger partial charge in [-0.05, 0) is 34.5 Å². The molecule has 0 saturated carbocycles. The number of carbonyl (C=O) groups is 1. The number of fused-ring (bicyclic) bond motifs is 1. The Bertz CT molecular complexity index is 2040. The topological polar surface area (TPSA) is 136 Å². The molecule has 1 aliphatic heterocycles. The second kappa shape index (κ2) is 17.8. The number of nitrogens with one attached hydrogen (secondary N) is 2. The van der Waals surface area contributed by atoms with Crippen LogP contribution in [0.15, 0.2) is 70.5 Å². The minimum atomic E-state index is -5.07. The Morgan fingerprint density at radius 3 is 2.36 bits per heavy atom. The molecule has 2 N–H and O–H groups in total. The van der Waals surface area contributed by atoms with Crippen LogP contribution in [0.5, 0.6) is 0 Å². The van der Waals surface area contributed by atoms with Crippen molar-refractivity contribution >= 4 is 69.5 Å². The summed E-state index contributed by atoms with van der Waals surface area (Å²) in [5.74, 6) is 2.96. The summed E-state index contributed by atoms with van der Waals surface area (Å²) in [4.78, 5) is 37.9. The van der Waals surface area contributed by atoms with Gasteiger partial charge in [-0.1, -0.05) is 109 Å². The molecule has 1 saturated heterocycles. The molecule has 1 unspecified atom stereocenters. The summed E-state index contributed by atoms with van der Waals surface area (Å²) >= 11 is 0. The summed E-state index contributed by atoms with van der Waals surface area (Å²) in [5.41, 5.74) is -0.795. The van der Waals surface area contributed by atoms with Crippen LogP contribution in [0.3, 0.4) is 0 Å². The normalized spacial score (nSPS) is 18.3. The predicted molar refractivity (Wildman–Crippen MR) is 213 cm³/mol. The molecule has 4 atom stereocenters. The maximum atomic E-state index is 13.5. The lowest BCUT2D eigenvalue weighted by atomic mass is 10.2. The first-order valence-electron chi connectivity index (χ1n) is 17.4. The number of benzene rings is 2. The molecule has 0 bridgehead atoms. The van der Waals surface area contributed by atoms with E-state index >= 15 is 0 Å². The van der Waals surface area contributed by atoms with Crippen LogP contribution in [0.4, 0.5) is 19.1 Å². The lowest BCUT2D eigenvalue weighted by Crippen LogP contribution is -2.67. The number of aromatic amines is 1. The Kier molecular flexibility index (Phi) is 13.6. The average molecular weight is 816 g/mol. The average Bonchev–Trinajstić information content (AvgIpc) is 3.70. The van der Waals surface area contributed by atoms with Gasteiger partial charge in [0.15, 0.2) is 17.6 Å². The molecule has 1 aliphatic rings. The maximum absolute atomic E-state index is 13.5. The second-order valence-electron chi connectivity index (χ2n) is 13.9. The number of aliphatic imine (C=N–C) groups is 1. The van der Waals surface area contributed by atoms with Crippen LogP contribution in [0, 0.1) is 11.8 Å². The Balaban J connectivity index is 1.56. The number of amides is 1. The third-order valence-electron chi connectivity index (χ3n) is 8.69. The summed E-state index contributed by atoms with van der Waals surface area (Å²) in [6.45, 7) is 8.06. The van der Waals surface area contributed by atoms with E-state index in [1.807, 2.05) is 49.6 Å². The van der Waals surface area contributed by atoms with E-state index in [0.717, 1.165) is 10.4 Å². The van der Waals surface area contributed by atoms with Crippen LogP contribution in [0.1, 0.15) is 46.0 Å². The van der Waals surface area contributed by atoms with E-state index in [9.17, 15) is 22.8 Å². The summed E-state index contributed by atoms with van der Waals surface area (Å²) < 4.78 is 60.2. The smallest absolute Gasteiger partial charge is 0.405 e. The van der Waals surface area contributed by atoms with Crippen LogP contribution in [-0.4, -0.2) is 103 Å². The van der Waals surface area contributed by atoms with Crippen LogP contribution >= 0.6 is 21.6 Å². The van der Waals surface area contributed by atoms with Crippen LogP contribution in [-0.2, 0) is 18.7 Å². The highest BCUT2D eigenvalue weighted by atomic mass is 33.1. The summed E-state index contributed by atoms with van der Waals surface area (Å²) in [5, 5.41) is 8.20. The predicted octanol–water partition coefficient (Wildman–Crippen LogP) is 4.98. The first kappa shape index (κ1) is 42.0. The molecule has 2 aromatic heterocycles. The molecular weight excluding hydrogens is 772 g/mol. The molecule has 18 heteroatoms. The minimum Gasteiger partial charge on any atom is -0.405 e. The van der Waals surface area contributed by atoms with Gasteiger partial charge in [0.1, 0.15) is 16.9 Å². The van der Waals surface area contributed by atoms with Crippen molar-refractivity contribution in [2.45, 2.75) is 69.2 Å². The van der Waals surface area contributed by atoms with Gasteiger partial charge in [-0.25, -0.2) is 9.67 Å². The zero-order valence-electron chi connectivity index (χ0n) is 31.5. The quantitative estimate of drug-likeness (QED) is 0.0476. The minimum absolute atomic E-state index is 0.00773. The van der Waals surface area contributed by atoms with Crippen LogP contribution in [0.2, 0.25) is 5.04 Å². The van der Waals surface area contributed by atoms with E-state index in [1.165, 1.54) is 11.0 Å². The van der Waals surface area contributed by atoms with Gasteiger partial charge in [0.05, 0.1) is 25.6 Å². The lowest BCUT2D eigenvalue weighted by Gasteiger charge is -2.43. The number of halogens is 3. The summed E-state index contributed by atoms with van der Waals surface area (Å²) in [6, 6.07) is 20.5. The highest BCUT2D eigenvalue weighted by Crippen LogP contribution is 2.40. The molecule has 3 heterocycles. The van der Waals surface area contributed by atoms with E-state index < -0.39 is 50.9 Å². The molecule has 1 amide bonds. The first-order valence-corrected chi connectivity index (χ1v) is 21.9. The molecule has 12 nitrogen and oxygen atoms in total. The zero-order valence-corrected chi connectivity index (χ0v) is 34.1. The Hall–Kier alpha value is -4.12. The molecular formula is C37H44F3N7O5S2Si. The Morgan fingerprint density at radius 1 is 1.16 bits per heavy atom.